The zero-order valence-electron chi connectivity index (χ0n) is 6.62. The Labute approximate surface area is 64.9 Å². The van der Waals surface area contributed by atoms with Crippen molar-refractivity contribution in [2.45, 2.75) is 20.3 Å². The fourth-order valence-corrected chi connectivity index (χ4v) is 0.936. The van der Waals surface area contributed by atoms with Gasteiger partial charge in [-0.1, -0.05) is 12.2 Å². The summed E-state index contributed by atoms with van der Waals surface area (Å²) in [5.74, 6) is -1.43. The molecule has 0 saturated heterocycles. The standard InChI is InChI=1S/C9H10F2/c1-6-4-3-5-7(2)9(11)8(6)10/h3-4H,5H2,1-2H3. The third kappa shape index (κ3) is 1.56. The Kier molecular flexibility index (Phi) is 2.22. The molecule has 0 aliphatic heterocycles. The highest BCUT2D eigenvalue weighted by Gasteiger charge is 2.11. The second-order valence-electron chi connectivity index (χ2n) is 2.70. The van der Waals surface area contributed by atoms with Crippen LogP contribution in [0.15, 0.2) is 35.0 Å². The lowest BCUT2D eigenvalue weighted by Gasteiger charge is -1.97. The second-order valence-corrected chi connectivity index (χ2v) is 2.70. The Bertz CT molecular complexity index is 257. The summed E-state index contributed by atoms with van der Waals surface area (Å²) < 4.78 is 25.8. The minimum absolute atomic E-state index is 0.361. The SMILES string of the molecule is CC1=C(F)C(F)=C(C)CC=C1. The topological polar surface area (TPSA) is 0 Å². The van der Waals surface area contributed by atoms with Crippen molar-refractivity contribution in [2.75, 3.05) is 0 Å². The summed E-state index contributed by atoms with van der Waals surface area (Å²) in [6.45, 7) is 3.15. The maximum Gasteiger partial charge on any atom is 0.161 e. The molecule has 0 N–H and O–H groups in total. The van der Waals surface area contributed by atoms with Gasteiger partial charge in [0.1, 0.15) is 0 Å². The van der Waals surface area contributed by atoms with Crippen molar-refractivity contribution in [3.05, 3.63) is 35.0 Å². The van der Waals surface area contributed by atoms with Gasteiger partial charge in [0.25, 0.3) is 0 Å². The van der Waals surface area contributed by atoms with Crippen molar-refractivity contribution >= 4 is 0 Å². The molecule has 0 saturated carbocycles. The number of hydrogen-bond donors (Lipinski definition) is 0. The number of halogens is 2. The van der Waals surface area contributed by atoms with Crippen LogP contribution in [0.1, 0.15) is 20.3 Å². The average molecular weight is 156 g/mol. The molecule has 0 aromatic rings. The molecule has 0 unspecified atom stereocenters. The van der Waals surface area contributed by atoms with Gasteiger partial charge in [-0.25, -0.2) is 8.78 Å². The van der Waals surface area contributed by atoms with E-state index in [2.05, 4.69) is 0 Å². The van der Waals surface area contributed by atoms with Gasteiger partial charge >= 0.3 is 0 Å². The largest absolute Gasteiger partial charge is 0.204 e. The van der Waals surface area contributed by atoms with E-state index in [9.17, 15) is 8.78 Å². The summed E-state index contributed by atoms with van der Waals surface area (Å²) in [6, 6.07) is 0. The van der Waals surface area contributed by atoms with Gasteiger partial charge < -0.3 is 0 Å². The van der Waals surface area contributed by atoms with Crippen molar-refractivity contribution in [1.29, 1.82) is 0 Å². The van der Waals surface area contributed by atoms with Crippen LogP contribution < -0.4 is 0 Å². The molecule has 0 aromatic heterocycles. The molecule has 0 fully saturated rings. The van der Waals surface area contributed by atoms with Crippen LogP contribution in [0.2, 0.25) is 0 Å². The number of allylic oxidation sites excluding steroid dienone is 6. The monoisotopic (exact) mass is 156 g/mol. The number of rotatable bonds is 0. The van der Waals surface area contributed by atoms with E-state index < -0.39 is 11.7 Å². The van der Waals surface area contributed by atoms with E-state index in [0.29, 0.717) is 17.6 Å². The molecule has 0 bridgehead atoms. The molecular weight excluding hydrogens is 146 g/mol. The maximum atomic E-state index is 12.9. The van der Waals surface area contributed by atoms with Crippen LogP contribution in [0.5, 0.6) is 0 Å². The molecule has 0 radical (unpaired) electrons. The quantitative estimate of drug-likeness (QED) is 0.504. The normalized spacial score (nSPS) is 19.3. The smallest absolute Gasteiger partial charge is 0.161 e. The van der Waals surface area contributed by atoms with Crippen LogP contribution in [-0.2, 0) is 0 Å². The van der Waals surface area contributed by atoms with Crippen LogP contribution in [-0.4, -0.2) is 0 Å². The van der Waals surface area contributed by atoms with Gasteiger partial charge in [-0.3, -0.25) is 0 Å². The molecule has 60 valence electrons. The predicted octanol–water partition coefficient (Wildman–Crippen LogP) is 3.43. The first-order valence-electron chi connectivity index (χ1n) is 3.51. The Morgan fingerprint density at radius 3 is 2.45 bits per heavy atom. The van der Waals surface area contributed by atoms with Gasteiger partial charge in [-0.05, 0) is 31.4 Å². The van der Waals surface area contributed by atoms with Crippen LogP contribution in [0.25, 0.3) is 0 Å². The Balaban J connectivity index is 3.15. The lowest BCUT2D eigenvalue weighted by atomic mass is 10.2. The van der Waals surface area contributed by atoms with E-state index in [4.69, 9.17) is 0 Å². The molecular formula is C9H10F2. The lowest BCUT2D eigenvalue weighted by Crippen LogP contribution is -1.82. The summed E-state index contributed by atoms with van der Waals surface area (Å²) in [7, 11) is 0. The van der Waals surface area contributed by atoms with Crippen molar-refractivity contribution in [2.24, 2.45) is 0 Å². The van der Waals surface area contributed by atoms with E-state index >= 15 is 0 Å². The molecule has 0 atom stereocenters. The molecule has 1 aliphatic rings. The first-order chi connectivity index (χ1) is 5.13. The Morgan fingerprint density at radius 2 is 1.82 bits per heavy atom. The predicted molar refractivity (Wildman–Crippen MR) is 41.4 cm³/mol. The average Bonchev–Trinajstić information content (AvgIpc) is 2.07. The highest BCUT2D eigenvalue weighted by molar-refractivity contribution is 5.36. The summed E-state index contributed by atoms with van der Waals surface area (Å²) in [4.78, 5) is 0. The second kappa shape index (κ2) is 2.99. The highest BCUT2D eigenvalue weighted by Crippen LogP contribution is 2.26. The minimum Gasteiger partial charge on any atom is -0.204 e. The van der Waals surface area contributed by atoms with E-state index in [-0.39, 0.29) is 0 Å². The van der Waals surface area contributed by atoms with E-state index in [0.717, 1.165) is 0 Å². The maximum absolute atomic E-state index is 12.9. The summed E-state index contributed by atoms with van der Waals surface area (Å²) in [5, 5.41) is 0. The molecule has 11 heavy (non-hydrogen) atoms. The van der Waals surface area contributed by atoms with Gasteiger partial charge in [0.05, 0.1) is 0 Å². The third-order valence-electron chi connectivity index (χ3n) is 1.71. The zero-order chi connectivity index (χ0) is 8.43. The highest BCUT2D eigenvalue weighted by atomic mass is 19.2. The zero-order valence-corrected chi connectivity index (χ0v) is 6.62. The van der Waals surface area contributed by atoms with Crippen LogP contribution in [0, 0.1) is 0 Å². The molecule has 0 heterocycles. The van der Waals surface area contributed by atoms with Gasteiger partial charge in [0, 0.05) is 0 Å². The first kappa shape index (κ1) is 8.18. The van der Waals surface area contributed by atoms with Gasteiger partial charge in [0.15, 0.2) is 11.7 Å². The molecule has 0 nitrogen and oxygen atoms in total. The van der Waals surface area contributed by atoms with Gasteiger partial charge in [-0.2, -0.15) is 0 Å². The van der Waals surface area contributed by atoms with Crippen molar-refractivity contribution < 1.29 is 8.78 Å². The Morgan fingerprint density at radius 1 is 1.18 bits per heavy atom. The molecule has 1 rings (SSSR count). The molecule has 0 aromatic carbocycles. The minimum atomic E-state index is -0.726. The van der Waals surface area contributed by atoms with Crippen molar-refractivity contribution in [3.63, 3.8) is 0 Å². The summed E-state index contributed by atoms with van der Waals surface area (Å²) >= 11 is 0. The molecule has 2 heteroatoms. The van der Waals surface area contributed by atoms with Crippen LogP contribution >= 0.6 is 0 Å². The first-order valence-corrected chi connectivity index (χ1v) is 3.51. The van der Waals surface area contributed by atoms with Crippen molar-refractivity contribution in [3.8, 4) is 0 Å². The van der Waals surface area contributed by atoms with Crippen LogP contribution in [0.4, 0.5) is 8.78 Å². The lowest BCUT2D eigenvalue weighted by molar-refractivity contribution is 0.532. The van der Waals surface area contributed by atoms with Gasteiger partial charge in [0.2, 0.25) is 0 Å². The third-order valence-corrected chi connectivity index (χ3v) is 1.71. The molecule has 0 spiro atoms. The molecule has 1 aliphatic carbocycles. The van der Waals surface area contributed by atoms with E-state index in [1.807, 2.05) is 0 Å². The van der Waals surface area contributed by atoms with E-state index in [1.165, 1.54) is 0 Å². The summed E-state index contributed by atoms with van der Waals surface area (Å²) in [5.41, 5.74) is 0.815. The van der Waals surface area contributed by atoms with E-state index in [1.54, 1.807) is 26.0 Å². The van der Waals surface area contributed by atoms with Gasteiger partial charge in [-0.15, -0.1) is 0 Å². The Hall–Kier alpha value is -0.920. The van der Waals surface area contributed by atoms with Crippen molar-refractivity contribution in [1.82, 2.24) is 0 Å². The summed E-state index contributed by atoms with van der Waals surface area (Å²) in [6.07, 6.45) is 3.86. The fraction of sp³-hybridized carbons (Fsp3) is 0.333. The number of hydrogen-bond acceptors (Lipinski definition) is 0. The molecule has 0 amide bonds. The fourth-order valence-electron chi connectivity index (χ4n) is 0.936. The van der Waals surface area contributed by atoms with Crippen LogP contribution in [0.3, 0.4) is 0 Å².